The lowest BCUT2D eigenvalue weighted by Crippen LogP contribution is -1.99. The van der Waals surface area contributed by atoms with Gasteiger partial charge in [0.2, 0.25) is 5.88 Å². The summed E-state index contributed by atoms with van der Waals surface area (Å²) in [6, 6.07) is 13.0. The normalized spacial score (nSPS) is 12.5. The third-order valence-electron chi connectivity index (χ3n) is 3.00. The van der Waals surface area contributed by atoms with Crippen LogP contribution in [0.1, 0.15) is 17.4 Å². The Labute approximate surface area is 110 Å². The Kier molecular flexibility index (Phi) is 2.93. The largest absolute Gasteiger partial charge is 0.481 e. The zero-order chi connectivity index (χ0) is 13.2. The highest BCUT2D eigenvalue weighted by atomic mass is 16.5. The molecule has 0 aliphatic rings. The minimum absolute atomic E-state index is 0.508. The molecule has 19 heavy (non-hydrogen) atoms. The number of hydrogen-bond acceptors (Lipinski definition) is 4. The van der Waals surface area contributed by atoms with E-state index in [1.807, 2.05) is 30.3 Å². The van der Waals surface area contributed by atoms with Crippen LogP contribution in [0.15, 0.2) is 53.1 Å². The number of aliphatic hydroxyl groups excluding tert-OH is 1. The van der Waals surface area contributed by atoms with Crippen LogP contribution in [-0.4, -0.2) is 17.2 Å². The van der Waals surface area contributed by atoms with Crippen LogP contribution in [0, 0.1) is 0 Å². The minimum atomic E-state index is -0.828. The summed E-state index contributed by atoms with van der Waals surface area (Å²) in [5, 5.41) is 11.3. The molecular weight excluding hydrogens is 242 g/mol. The zero-order valence-electron chi connectivity index (χ0n) is 10.4. The van der Waals surface area contributed by atoms with Crippen molar-refractivity contribution in [3.63, 3.8) is 0 Å². The second-order valence-corrected chi connectivity index (χ2v) is 4.22. The van der Waals surface area contributed by atoms with Crippen molar-refractivity contribution in [1.82, 2.24) is 4.98 Å². The maximum Gasteiger partial charge on any atom is 0.212 e. The Morgan fingerprint density at radius 3 is 2.74 bits per heavy atom. The zero-order valence-corrected chi connectivity index (χ0v) is 10.4. The van der Waals surface area contributed by atoms with Crippen molar-refractivity contribution in [2.45, 2.75) is 6.10 Å². The fourth-order valence-electron chi connectivity index (χ4n) is 1.98. The fourth-order valence-corrected chi connectivity index (χ4v) is 1.98. The van der Waals surface area contributed by atoms with Crippen molar-refractivity contribution in [3.05, 3.63) is 60.0 Å². The number of nitrogens with zero attached hydrogens (tertiary/aromatic N) is 1. The number of furan rings is 1. The average molecular weight is 255 g/mol. The van der Waals surface area contributed by atoms with Crippen LogP contribution in [0.4, 0.5) is 0 Å². The van der Waals surface area contributed by atoms with Crippen molar-refractivity contribution in [2.75, 3.05) is 7.11 Å². The summed E-state index contributed by atoms with van der Waals surface area (Å²) in [7, 11) is 1.55. The number of methoxy groups -OCH3 is 1. The van der Waals surface area contributed by atoms with Gasteiger partial charge in [-0.05, 0) is 18.2 Å². The predicted octanol–water partition coefficient (Wildman–Crippen LogP) is 2.92. The number of aliphatic hydroxyl groups is 1. The molecule has 1 N–H and O–H groups in total. The highest BCUT2D eigenvalue weighted by molar-refractivity contribution is 5.77. The maximum absolute atomic E-state index is 10.3. The van der Waals surface area contributed by atoms with Crippen LogP contribution in [0.2, 0.25) is 0 Å². The topological polar surface area (TPSA) is 55.5 Å². The molecule has 0 fully saturated rings. The molecule has 1 aromatic carbocycles. The molecule has 1 atom stereocenters. The van der Waals surface area contributed by atoms with E-state index in [1.165, 1.54) is 0 Å². The van der Waals surface area contributed by atoms with Crippen LogP contribution in [-0.2, 0) is 0 Å². The quantitative estimate of drug-likeness (QED) is 0.781. The highest BCUT2D eigenvalue weighted by Gasteiger charge is 2.15. The van der Waals surface area contributed by atoms with Gasteiger partial charge in [0.25, 0.3) is 0 Å². The molecule has 0 bridgehead atoms. The molecule has 0 radical (unpaired) electrons. The molecule has 3 aromatic rings. The molecule has 0 saturated heterocycles. The maximum atomic E-state index is 10.3. The summed E-state index contributed by atoms with van der Waals surface area (Å²) >= 11 is 0. The molecule has 0 aliphatic carbocycles. The number of aromatic nitrogens is 1. The van der Waals surface area contributed by atoms with E-state index in [4.69, 9.17) is 9.15 Å². The average Bonchev–Trinajstić information content (AvgIpc) is 2.90. The molecule has 0 amide bonds. The molecule has 1 unspecified atom stereocenters. The van der Waals surface area contributed by atoms with E-state index in [2.05, 4.69) is 4.98 Å². The number of benzene rings is 1. The van der Waals surface area contributed by atoms with Crippen molar-refractivity contribution in [1.29, 1.82) is 0 Å². The van der Waals surface area contributed by atoms with Crippen LogP contribution in [0.3, 0.4) is 0 Å². The van der Waals surface area contributed by atoms with Gasteiger partial charge in [0.1, 0.15) is 17.4 Å². The Morgan fingerprint density at radius 1 is 1.21 bits per heavy atom. The summed E-state index contributed by atoms with van der Waals surface area (Å²) in [6.07, 6.45) is 0.752. The van der Waals surface area contributed by atoms with Crippen LogP contribution in [0.25, 0.3) is 11.0 Å². The number of pyridine rings is 1. The third kappa shape index (κ3) is 2.18. The van der Waals surface area contributed by atoms with Crippen molar-refractivity contribution < 1.29 is 14.3 Å². The van der Waals surface area contributed by atoms with Crippen molar-refractivity contribution in [3.8, 4) is 5.88 Å². The van der Waals surface area contributed by atoms with Gasteiger partial charge in [-0.25, -0.2) is 4.98 Å². The van der Waals surface area contributed by atoms with E-state index in [1.54, 1.807) is 25.4 Å². The van der Waals surface area contributed by atoms with Crippen LogP contribution in [0.5, 0.6) is 5.88 Å². The van der Waals surface area contributed by atoms with Gasteiger partial charge >= 0.3 is 0 Å². The third-order valence-corrected chi connectivity index (χ3v) is 3.00. The second kappa shape index (κ2) is 4.74. The molecule has 4 heteroatoms. The molecular formula is C15H13NO3. The molecule has 96 valence electrons. The number of hydrogen-bond donors (Lipinski definition) is 1. The second-order valence-electron chi connectivity index (χ2n) is 4.22. The first-order valence-electron chi connectivity index (χ1n) is 5.94. The number of para-hydroxylation sites is 1. The molecule has 0 aliphatic heterocycles. The summed E-state index contributed by atoms with van der Waals surface area (Å²) in [5.74, 6) is 1.02. The lowest BCUT2D eigenvalue weighted by molar-refractivity contribution is 0.191. The highest BCUT2D eigenvalue weighted by Crippen LogP contribution is 2.28. The fraction of sp³-hybridized carbons (Fsp3) is 0.133. The van der Waals surface area contributed by atoms with E-state index < -0.39 is 6.10 Å². The summed E-state index contributed by atoms with van der Waals surface area (Å²) in [6.45, 7) is 0. The molecule has 3 rings (SSSR count). The van der Waals surface area contributed by atoms with Crippen molar-refractivity contribution in [2.24, 2.45) is 0 Å². The summed E-state index contributed by atoms with van der Waals surface area (Å²) in [4.78, 5) is 4.07. The summed E-state index contributed by atoms with van der Waals surface area (Å²) < 4.78 is 10.6. The van der Waals surface area contributed by atoms with E-state index in [-0.39, 0.29) is 0 Å². The Morgan fingerprint density at radius 2 is 2.05 bits per heavy atom. The molecule has 2 aromatic heterocycles. The van der Waals surface area contributed by atoms with Crippen molar-refractivity contribution >= 4 is 11.0 Å². The Hall–Kier alpha value is -2.33. The predicted molar refractivity (Wildman–Crippen MR) is 71.1 cm³/mol. The molecule has 0 spiro atoms. The first-order valence-corrected chi connectivity index (χ1v) is 5.94. The van der Waals surface area contributed by atoms with Gasteiger partial charge in [-0.3, -0.25) is 0 Å². The van der Waals surface area contributed by atoms with Gasteiger partial charge in [0.05, 0.1) is 7.11 Å². The van der Waals surface area contributed by atoms with Crippen LogP contribution < -0.4 is 4.74 Å². The molecule has 0 saturated carbocycles. The minimum Gasteiger partial charge on any atom is -0.481 e. The van der Waals surface area contributed by atoms with Gasteiger partial charge in [0.15, 0.2) is 0 Å². The van der Waals surface area contributed by atoms with Gasteiger partial charge < -0.3 is 14.3 Å². The SMILES string of the molecule is COc1ccc(C(O)c2cc3ccccc3o2)cn1. The van der Waals surface area contributed by atoms with Crippen LogP contribution >= 0.6 is 0 Å². The van der Waals surface area contributed by atoms with Gasteiger partial charge in [-0.1, -0.05) is 18.2 Å². The monoisotopic (exact) mass is 255 g/mol. The molecule has 4 nitrogen and oxygen atoms in total. The Balaban J connectivity index is 1.95. The van der Waals surface area contributed by atoms with E-state index >= 15 is 0 Å². The first-order chi connectivity index (χ1) is 9.28. The number of rotatable bonds is 3. The van der Waals surface area contributed by atoms with Gasteiger partial charge in [-0.2, -0.15) is 0 Å². The summed E-state index contributed by atoms with van der Waals surface area (Å²) in [5.41, 5.74) is 1.43. The molecule has 2 heterocycles. The number of fused-ring (bicyclic) bond motifs is 1. The standard InChI is InChI=1S/C15H13NO3/c1-18-14-7-6-11(9-16-14)15(17)13-8-10-4-2-3-5-12(10)19-13/h2-9,15,17H,1H3. The van der Waals surface area contributed by atoms with E-state index in [0.717, 1.165) is 11.0 Å². The number of ether oxygens (including phenoxy) is 1. The van der Waals surface area contributed by atoms with E-state index in [0.29, 0.717) is 17.2 Å². The lowest BCUT2D eigenvalue weighted by atomic mass is 10.1. The first kappa shape index (κ1) is 11.7. The lowest BCUT2D eigenvalue weighted by Gasteiger charge is -2.07. The smallest absolute Gasteiger partial charge is 0.212 e. The van der Waals surface area contributed by atoms with Gasteiger partial charge in [0, 0.05) is 23.2 Å². The van der Waals surface area contributed by atoms with E-state index in [9.17, 15) is 5.11 Å². The Bertz CT molecular complexity index is 655. The van der Waals surface area contributed by atoms with Gasteiger partial charge in [-0.15, -0.1) is 0 Å².